The Morgan fingerprint density at radius 3 is 2.50 bits per heavy atom. The minimum Gasteiger partial charge on any atom is -0.493 e. The molecule has 1 rings (SSSR count). The molecular weight excluding hydrogens is 279 g/mol. The molecule has 8 heteroatoms. The van der Waals surface area contributed by atoms with Gasteiger partial charge in [0.05, 0.1) is 26.3 Å². The lowest BCUT2D eigenvalue weighted by atomic mass is 10.1. The molecule has 0 bridgehead atoms. The van der Waals surface area contributed by atoms with Crippen LogP contribution < -0.4 is 14.8 Å². The summed E-state index contributed by atoms with van der Waals surface area (Å²) in [6.07, 6.45) is -7.41. The number of amides is 1. The summed E-state index contributed by atoms with van der Waals surface area (Å²) in [5.74, 6) is -0.422. The zero-order valence-corrected chi connectivity index (χ0v) is 10.8. The first-order valence-corrected chi connectivity index (χ1v) is 5.55. The lowest BCUT2D eigenvalue weighted by molar-refractivity contribution is -0.201. The fourth-order valence-corrected chi connectivity index (χ4v) is 1.47. The molecule has 0 aromatic heterocycles. The van der Waals surface area contributed by atoms with Gasteiger partial charge in [0.15, 0.2) is 17.6 Å². The van der Waals surface area contributed by atoms with Crippen LogP contribution in [0.4, 0.5) is 13.2 Å². The Bertz CT molecular complexity index is 476. The molecule has 112 valence electrons. The van der Waals surface area contributed by atoms with Gasteiger partial charge in [-0.2, -0.15) is 13.2 Å². The molecule has 0 spiro atoms. The standard InChI is InChI=1S/C12H14F3NO4/c1-19-8-5-3-4-7(10(8)20-2)11(18)16-6-9(17)12(13,14)15/h3-5,9,17H,6H2,1-2H3,(H,16,18). The number of nitrogens with one attached hydrogen (secondary N) is 1. The molecule has 0 heterocycles. The molecule has 1 atom stereocenters. The van der Waals surface area contributed by atoms with E-state index >= 15 is 0 Å². The van der Waals surface area contributed by atoms with E-state index in [0.29, 0.717) is 0 Å². The van der Waals surface area contributed by atoms with Crippen molar-refractivity contribution in [3.05, 3.63) is 23.8 Å². The highest BCUT2D eigenvalue weighted by atomic mass is 19.4. The molecule has 0 radical (unpaired) electrons. The van der Waals surface area contributed by atoms with Crippen LogP contribution in [-0.4, -0.2) is 44.1 Å². The fraction of sp³-hybridized carbons (Fsp3) is 0.417. The van der Waals surface area contributed by atoms with E-state index < -0.39 is 24.7 Å². The zero-order chi connectivity index (χ0) is 15.3. The minimum absolute atomic E-state index is 0.0150. The lowest BCUT2D eigenvalue weighted by Gasteiger charge is -2.16. The number of ether oxygens (including phenoxy) is 2. The number of aliphatic hydroxyl groups is 1. The zero-order valence-electron chi connectivity index (χ0n) is 10.8. The van der Waals surface area contributed by atoms with E-state index in [4.69, 9.17) is 14.6 Å². The van der Waals surface area contributed by atoms with Crippen molar-refractivity contribution in [3.63, 3.8) is 0 Å². The second kappa shape index (κ2) is 6.47. The first-order valence-electron chi connectivity index (χ1n) is 5.55. The van der Waals surface area contributed by atoms with Crippen LogP contribution in [-0.2, 0) is 0 Å². The molecule has 1 aromatic rings. The van der Waals surface area contributed by atoms with Crippen molar-refractivity contribution < 1.29 is 32.5 Å². The fourth-order valence-electron chi connectivity index (χ4n) is 1.47. The van der Waals surface area contributed by atoms with Gasteiger partial charge in [0.2, 0.25) is 0 Å². The smallest absolute Gasteiger partial charge is 0.416 e. The molecule has 0 aliphatic carbocycles. The van der Waals surface area contributed by atoms with Gasteiger partial charge >= 0.3 is 6.18 Å². The largest absolute Gasteiger partial charge is 0.493 e. The molecule has 20 heavy (non-hydrogen) atoms. The van der Waals surface area contributed by atoms with Gasteiger partial charge in [0.1, 0.15) is 0 Å². The van der Waals surface area contributed by atoms with E-state index in [1.807, 2.05) is 5.32 Å². The summed E-state index contributed by atoms with van der Waals surface area (Å²) in [6, 6.07) is 4.41. The summed E-state index contributed by atoms with van der Waals surface area (Å²) in [5.41, 5.74) is 0.0150. The second-order valence-electron chi connectivity index (χ2n) is 3.81. The van der Waals surface area contributed by atoms with Crippen molar-refractivity contribution in [3.8, 4) is 11.5 Å². The maximum Gasteiger partial charge on any atom is 0.416 e. The van der Waals surface area contributed by atoms with E-state index in [9.17, 15) is 18.0 Å². The van der Waals surface area contributed by atoms with E-state index in [0.717, 1.165) is 0 Å². The average molecular weight is 293 g/mol. The van der Waals surface area contributed by atoms with Crippen LogP contribution in [0.5, 0.6) is 11.5 Å². The van der Waals surface area contributed by atoms with Crippen LogP contribution >= 0.6 is 0 Å². The van der Waals surface area contributed by atoms with Crippen molar-refractivity contribution in [1.29, 1.82) is 0 Å². The van der Waals surface area contributed by atoms with Gasteiger partial charge in [-0.25, -0.2) is 0 Å². The number of halogens is 3. The van der Waals surface area contributed by atoms with Crippen LogP contribution in [0.3, 0.4) is 0 Å². The monoisotopic (exact) mass is 293 g/mol. The third-order valence-electron chi connectivity index (χ3n) is 2.48. The molecule has 0 fully saturated rings. The second-order valence-corrected chi connectivity index (χ2v) is 3.81. The number of aliphatic hydroxyl groups excluding tert-OH is 1. The summed E-state index contributed by atoms with van der Waals surface area (Å²) in [6.45, 7) is -0.942. The van der Waals surface area contributed by atoms with E-state index in [2.05, 4.69) is 0 Å². The highest BCUT2D eigenvalue weighted by Crippen LogP contribution is 2.30. The highest BCUT2D eigenvalue weighted by Gasteiger charge is 2.38. The highest BCUT2D eigenvalue weighted by molar-refractivity contribution is 5.97. The van der Waals surface area contributed by atoms with Gasteiger partial charge in [-0.15, -0.1) is 0 Å². The summed E-state index contributed by atoms with van der Waals surface area (Å²) in [4.78, 5) is 11.8. The molecule has 2 N–H and O–H groups in total. The summed E-state index contributed by atoms with van der Waals surface area (Å²) < 4.78 is 46.3. The SMILES string of the molecule is COc1cccc(C(=O)NCC(O)C(F)(F)F)c1OC. The van der Waals surface area contributed by atoms with Gasteiger partial charge in [-0.1, -0.05) is 6.07 Å². The van der Waals surface area contributed by atoms with Gasteiger partial charge in [0.25, 0.3) is 5.91 Å². The number of hydrogen-bond acceptors (Lipinski definition) is 4. The number of alkyl halides is 3. The van der Waals surface area contributed by atoms with E-state index in [1.165, 1.54) is 26.4 Å². The maximum absolute atomic E-state index is 12.1. The van der Waals surface area contributed by atoms with Crippen molar-refractivity contribution in [1.82, 2.24) is 5.32 Å². The Hall–Kier alpha value is -1.96. The number of rotatable bonds is 5. The van der Waals surface area contributed by atoms with E-state index in [1.54, 1.807) is 6.07 Å². The molecular formula is C12H14F3NO4. The van der Waals surface area contributed by atoms with Crippen LogP contribution in [0, 0.1) is 0 Å². The van der Waals surface area contributed by atoms with E-state index in [-0.39, 0.29) is 17.1 Å². The summed E-state index contributed by atoms with van der Waals surface area (Å²) >= 11 is 0. The van der Waals surface area contributed by atoms with Crippen LogP contribution in [0.2, 0.25) is 0 Å². The number of methoxy groups -OCH3 is 2. The Labute approximate surface area is 113 Å². The third-order valence-corrected chi connectivity index (χ3v) is 2.48. The number of carbonyl (C=O) groups excluding carboxylic acids is 1. The quantitative estimate of drug-likeness (QED) is 0.860. The number of para-hydroxylation sites is 1. The molecule has 0 aliphatic heterocycles. The lowest BCUT2D eigenvalue weighted by Crippen LogP contribution is -2.40. The number of benzene rings is 1. The molecule has 1 amide bonds. The number of carbonyl (C=O) groups is 1. The van der Waals surface area contributed by atoms with Crippen molar-refractivity contribution >= 4 is 5.91 Å². The molecule has 5 nitrogen and oxygen atoms in total. The normalized spacial score (nSPS) is 12.7. The molecule has 0 saturated carbocycles. The maximum atomic E-state index is 12.1. The average Bonchev–Trinajstić information content (AvgIpc) is 2.42. The first kappa shape index (κ1) is 16.1. The van der Waals surface area contributed by atoms with Crippen LogP contribution in [0.1, 0.15) is 10.4 Å². The number of hydrogen-bond donors (Lipinski definition) is 2. The predicted molar refractivity (Wildman–Crippen MR) is 63.9 cm³/mol. The minimum atomic E-state index is -4.79. The van der Waals surface area contributed by atoms with Crippen LogP contribution in [0.15, 0.2) is 18.2 Å². The summed E-state index contributed by atoms with van der Waals surface area (Å²) in [5, 5.41) is 10.8. The topological polar surface area (TPSA) is 67.8 Å². The Morgan fingerprint density at radius 1 is 1.35 bits per heavy atom. The van der Waals surface area contributed by atoms with Gasteiger partial charge in [-0.05, 0) is 12.1 Å². The molecule has 0 aliphatic rings. The summed E-state index contributed by atoms with van der Waals surface area (Å²) in [7, 11) is 2.67. The van der Waals surface area contributed by atoms with Gasteiger partial charge < -0.3 is 19.9 Å². The Morgan fingerprint density at radius 2 is 2.00 bits per heavy atom. The van der Waals surface area contributed by atoms with Crippen molar-refractivity contribution in [2.45, 2.75) is 12.3 Å². The van der Waals surface area contributed by atoms with Crippen molar-refractivity contribution in [2.24, 2.45) is 0 Å². The molecule has 1 aromatic carbocycles. The predicted octanol–water partition coefficient (Wildman–Crippen LogP) is 1.36. The first-order chi connectivity index (χ1) is 9.31. The third kappa shape index (κ3) is 3.77. The molecule has 0 saturated heterocycles. The molecule has 1 unspecified atom stereocenters. The Kier molecular flexibility index (Phi) is 5.20. The van der Waals surface area contributed by atoms with Crippen LogP contribution in [0.25, 0.3) is 0 Å². The Balaban J connectivity index is 2.83. The van der Waals surface area contributed by atoms with Crippen molar-refractivity contribution in [2.75, 3.05) is 20.8 Å². The van der Waals surface area contributed by atoms with Gasteiger partial charge in [0, 0.05) is 0 Å². The van der Waals surface area contributed by atoms with Gasteiger partial charge in [-0.3, -0.25) is 4.79 Å².